The fourth-order valence-electron chi connectivity index (χ4n) is 2.45. The van der Waals surface area contributed by atoms with Crippen LogP contribution in [0.15, 0.2) is 54.6 Å². The summed E-state index contributed by atoms with van der Waals surface area (Å²) >= 11 is 0. The van der Waals surface area contributed by atoms with Crippen LogP contribution in [0.2, 0.25) is 0 Å². The molecule has 0 bridgehead atoms. The topological polar surface area (TPSA) is 61.4 Å². The van der Waals surface area contributed by atoms with Crippen molar-refractivity contribution in [3.8, 4) is 0 Å². The molecular weight excluding hydrogens is 302 g/mol. The number of hydrogen-bond donors (Lipinski definition) is 2. The fourth-order valence-corrected chi connectivity index (χ4v) is 2.45. The fraction of sp³-hybridized carbons (Fsp3) is 0.263. The van der Waals surface area contributed by atoms with Gasteiger partial charge in [0.15, 0.2) is 0 Å². The maximum Gasteiger partial charge on any atom is 0.269 e. The highest BCUT2D eigenvalue weighted by Gasteiger charge is 2.19. The van der Waals surface area contributed by atoms with Gasteiger partial charge in [0.05, 0.1) is 5.92 Å². The van der Waals surface area contributed by atoms with E-state index in [-0.39, 0.29) is 17.7 Å². The van der Waals surface area contributed by atoms with E-state index >= 15 is 0 Å². The van der Waals surface area contributed by atoms with Gasteiger partial charge in [-0.05, 0) is 36.2 Å². The predicted molar refractivity (Wildman–Crippen MR) is 95.9 cm³/mol. The second-order valence-electron chi connectivity index (χ2n) is 5.76. The van der Waals surface area contributed by atoms with Crippen molar-refractivity contribution in [2.24, 2.45) is 0 Å². The molecule has 0 aliphatic carbocycles. The summed E-state index contributed by atoms with van der Waals surface area (Å²) in [5.41, 5.74) is 7.43. The third-order valence-corrected chi connectivity index (χ3v) is 3.87. The molecule has 2 amide bonds. The van der Waals surface area contributed by atoms with Crippen LogP contribution in [-0.4, -0.2) is 25.9 Å². The highest BCUT2D eigenvalue weighted by atomic mass is 16.2. The molecule has 2 aromatic carbocycles. The predicted octanol–water partition coefficient (Wildman–Crippen LogP) is 2.71. The van der Waals surface area contributed by atoms with E-state index in [9.17, 15) is 9.59 Å². The Bertz CT molecular complexity index is 682. The average Bonchev–Trinajstić information content (AvgIpc) is 2.61. The van der Waals surface area contributed by atoms with Gasteiger partial charge in [-0.3, -0.25) is 20.4 Å². The van der Waals surface area contributed by atoms with Crippen LogP contribution in [0.4, 0.5) is 5.69 Å². The Balaban J connectivity index is 1.96. The number of rotatable bonds is 5. The molecule has 0 aromatic heterocycles. The molecule has 2 aromatic rings. The van der Waals surface area contributed by atoms with Crippen LogP contribution in [0.25, 0.3) is 0 Å². The van der Waals surface area contributed by atoms with Crippen molar-refractivity contribution in [3.63, 3.8) is 0 Å². The van der Waals surface area contributed by atoms with Crippen LogP contribution in [0, 0.1) is 0 Å². The van der Waals surface area contributed by atoms with E-state index in [0.717, 1.165) is 11.3 Å². The first-order valence-corrected chi connectivity index (χ1v) is 7.95. The van der Waals surface area contributed by atoms with Crippen molar-refractivity contribution in [3.05, 3.63) is 65.7 Å². The normalized spacial score (nSPS) is 11.5. The van der Waals surface area contributed by atoms with Crippen LogP contribution in [-0.2, 0) is 4.79 Å². The molecule has 0 heterocycles. The number of nitrogens with zero attached hydrogens (tertiary/aromatic N) is 1. The summed E-state index contributed by atoms with van der Waals surface area (Å²) in [7, 11) is 3.87. The Hall–Kier alpha value is -2.82. The zero-order chi connectivity index (χ0) is 17.5. The molecule has 0 saturated heterocycles. The summed E-state index contributed by atoms with van der Waals surface area (Å²) in [6.07, 6.45) is 0.656. The second-order valence-corrected chi connectivity index (χ2v) is 5.76. The molecule has 0 saturated carbocycles. The molecule has 24 heavy (non-hydrogen) atoms. The number of hydrogen-bond acceptors (Lipinski definition) is 3. The van der Waals surface area contributed by atoms with Crippen LogP contribution in [0.1, 0.15) is 35.2 Å². The van der Waals surface area contributed by atoms with Gasteiger partial charge in [0.1, 0.15) is 0 Å². The molecule has 0 fully saturated rings. The van der Waals surface area contributed by atoms with Gasteiger partial charge in [0, 0.05) is 25.3 Å². The lowest BCUT2D eigenvalue weighted by atomic mass is 9.96. The molecule has 126 valence electrons. The zero-order valence-corrected chi connectivity index (χ0v) is 14.2. The van der Waals surface area contributed by atoms with Crippen molar-refractivity contribution in [2.75, 3.05) is 19.0 Å². The van der Waals surface area contributed by atoms with E-state index in [1.807, 2.05) is 68.4 Å². The zero-order valence-electron chi connectivity index (χ0n) is 14.2. The van der Waals surface area contributed by atoms with Crippen molar-refractivity contribution in [2.45, 2.75) is 19.3 Å². The minimum absolute atomic E-state index is 0.220. The van der Waals surface area contributed by atoms with E-state index < -0.39 is 0 Å². The van der Waals surface area contributed by atoms with E-state index in [0.29, 0.717) is 12.0 Å². The minimum Gasteiger partial charge on any atom is -0.378 e. The molecule has 0 aliphatic rings. The van der Waals surface area contributed by atoms with Crippen molar-refractivity contribution in [1.82, 2.24) is 10.9 Å². The summed E-state index contributed by atoms with van der Waals surface area (Å²) in [6, 6.07) is 16.7. The molecule has 2 rings (SSSR count). The van der Waals surface area contributed by atoms with E-state index in [1.165, 1.54) is 0 Å². The number of anilines is 1. The Morgan fingerprint density at radius 1 is 0.958 bits per heavy atom. The summed E-state index contributed by atoms with van der Waals surface area (Å²) in [6.45, 7) is 1.94. The first-order chi connectivity index (χ1) is 11.5. The Morgan fingerprint density at radius 3 is 2.12 bits per heavy atom. The standard InChI is InChI=1S/C19H23N3O2/c1-4-17(14-8-6-5-7-9-14)19(24)21-20-18(23)15-10-12-16(13-11-15)22(2)3/h5-13,17H,4H2,1-3H3,(H,20,23)(H,21,24). The van der Waals surface area contributed by atoms with Gasteiger partial charge in [-0.1, -0.05) is 37.3 Å². The maximum absolute atomic E-state index is 12.3. The van der Waals surface area contributed by atoms with Crippen molar-refractivity contribution >= 4 is 17.5 Å². The van der Waals surface area contributed by atoms with Crippen LogP contribution in [0.3, 0.4) is 0 Å². The molecule has 2 N–H and O–H groups in total. The van der Waals surface area contributed by atoms with Crippen LogP contribution < -0.4 is 15.8 Å². The molecule has 5 heteroatoms. The Morgan fingerprint density at radius 2 is 1.58 bits per heavy atom. The maximum atomic E-state index is 12.3. The third kappa shape index (κ3) is 4.35. The average molecular weight is 325 g/mol. The smallest absolute Gasteiger partial charge is 0.269 e. The van der Waals surface area contributed by atoms with Gasteiger partial charge < -0.3 is 4.90 Å². The summed E-state index contributed by atoms with van der Waals surface area (Å²) < 4.78 is 0. The van der Waals surface area contributed by atoms with Crippen LogP contribution in [0.5, 0.6) is 0 Å². The number of amides is 2. The number of carbonyl (C=O) groups excluding carboxylic acids is 2. The van der Waals surface area contributed by atoms with Gasteiger partial charge in [-0.15, -0.1) is 0 Å². The molecular formula is C19H23N3O2. The largest absolute Gasteiger partial charge is 0.378 e. The molecule has 0 spiro atoms. The molecule has 0 radical (unpaired) electrons. The summed E-state index contributed by atoms with van der Waals surface area (Å²) in [5.74, 6) is -0.846. The highest BCUT2D eigenvalue weighted by molar-refractivity contribution is 5.96. The van der Waals surface area contributed by atoms with Gasteiger partial charge >= 0.3 is 0 Å². The lowest BCUT2D eigenvalue weighted by Crippen LogP contribution is -2.43. The Kier molecular flexibility index (Phi) is 5.95. The number of hydrazine groups is 1. The minimum atomic E-state index is -0.337. The van der Waals surface area contributed by atoms with E-state index in [2.05, 4.69) is 10.9 Å². The van der Waals surface area contributed by atoms with Crippen molar-refractivity contribution in [1.29, 1.82) is 0 Å². The first-order valence-electron chi connectivity index (χ1n) is 7.95. The highest BCUT2D eigenvalue weighted by Crippen LogP contribution is 2.19. The number of carbonyl (C=O) groups is 2. The van der Waals surface area contributed by atoms with Gasteiger partial charge in [0.25, 0.3) is 5.91 Å². The quantitative estimate of drug-likeness (QED) is 0.831. The lowest BCUT2D eigenvalue weighted by Gasteiger charge is -2.16. The Labute approximate surface area is 142 Å². The molecule has 5 nitrogen and oxygen atoms in total. The molecule has 1 unspecified atom stereocenters. The summed E-state index contributed by atoms with van der Waals surface area (Å²) in [5, 5.41) is 0. The lowest BCUT2D eigenvalue weighted by molar-refractivity contribution is -0.123. The monoisotopic (exact) mass is 325 g/mol. The number of benzene rings is 2. The van der Waals surface area contributed by atoms with E-state index in [1.54, 1.807) is 12.1 Å². The molecule has 0 aliphatic heterocycles. The third-order valence-electron chi connectivity index (χ3n) is 3.87. The van der Waals surface area contributed by atoms with Crippen LogP contribution >= 0.6 is 0 Å². The molecule has 1 atom stereocenters. The van der Waals surface area contributed by atoms with E-state index in [4.69, 9.17) is 0 Å². The first kappa shape index (κ1) is 17.5. The summed E-state index contributed by atoms with van der Waals surface area (Å²) in [4.78, 5) is 26.4. The van der Waals surface area contributed by atoms with Gasteiger partial charge in [0.2, 0.25) is 5.91 Å². The van der Waals surface area contributed by atoms with Gasteiger partial charge in [-0.2, -0.15) is 0 Å². The van der Waals surface area contributed by atoms with Crippen molar-refractivity contribution < 1.29 is 9.59 Å². The SMILES string of the molecule is CCC(C(=O)NNC(=O)c1ccc(N(C)C)cc1)c1ccccc1. The number of nitrogens with one attached hydrogen (secondary N) is 2. The van der Waals surface area contributed by atoms with Gasteiger partial charge in [-0.25, -0.2) is 0 Å². The second kappa shape index (κ2) is 8.15.